The molecular weight excluding hydrogens is 602 g/mol. The van der Waals surface area contributed by atoms with Crippen LogP contribution in [0.5, 0.6) is 11.5 Å². The summed E-state index contributed by atoms with van der Waals surface area (Å²) in [7, 11) is 3.02. The third-order valence-corrected chi connectivity index (χ3v) is 8.15. The van der Waals surface area contributed by atoms with Crippen molar-refractivity contribution in [1.82, 2.24) is 4.57 Å². The van der Waals surface area contributed by atoms with Gasteiger partial charge in [-0.25, -0.2) is 9.79 Å². The summed E-state index contributed by atoms with van der Waals surface area (Å²) in [6.07, 6.45) is 1.58. The molecule has 5 rings (SSSR count). The third kappa shape index (κ3) is 6.17. The van der Waals surface area contributed by atoms with E-state index in [2.05, 4.69) is 4.99 Å². The molecule has 13 heteroatoms. The van der Waals surface area contributed by atoms with Crippen molar-refractivity contribution in [3.8, 4) is 22.8 Å². The number of hydrogen-bond acceptors (Lipinski definition) is 11. The number of nitrogens with zero attached hydrogens (tertiary/aromatic N) is 3. The van der Waals surface area contributed by atoms with Crippen molar-refractivity contribution in [1.29, 1.82) is 0 Å². The predicted molar refractivity (Wildman–Crippen MR) is 166 cm³/mol. The molecule has 2 aromatic heterocycles. The van der Waals surface area contributed by atoms with E-state index in [1.807, 2.05) is 6.92 Å². The largest absolute Gasteiger partial charge is 0.493 e. The summed E-state index contributed by atoms with van der Waals surface area (Å²) < 4.78 is 29.8. The topological polar surface area (TPSA) is 145 Å². The molecule has 0 spiro atoms. The monoisotopic (exact) mass is 633 g/mol. The molecule has 234 valence electrons. The Kier molecular flexibility index (Phi) is 9.30. The van der Waals surface area contributed by atoms with E-state index in [9.17, 15) is 19.7 Å². The number of esters is 1. The zero-order chi connectivity index (χ0) is 32.2. The van der Waals surface area contributed by atoms with Crippen LogP contribution in [0, 0.1) is 17.0 Å². The Morgan fingerprint density at radius 3 is 2.67 bits per heavy atom. The van der Waals surface area contributed by atoms with Crippen LogP contribution in [0.25, 0.3) is 17.4 Å². The number of methoxy groups -OCH3 is 2. The number of aryl methyl sites for hydroxylation is 1. The van der Waals surface area contributed by atoms with Gasteiger partial charge < -0.3 is 23.4 Å². The Morgan fingerprint density at radius 1 is 1.16 bits per heavy atom. The highest BCUT2D eigenvalue weighted by molar-refractivity contribution is 7.07. The Balaban J connectivity index is 1.65. The Hall–Kier alpha value is -5.01. The number of rotatable bonds is 11. The summed E-state index contributed by atoms with van der Waals surface area (Å²) >= 11 is 1.14. The molecule has 4 aromatic rings. The lowest BCUT2D eigenvalue weighted by Crippen LogP contribution is -2.40. The van der Waals surface area contributed by atoms with Gasteiger partial charge in [-0.3, -0.25) is 19.5 Å². The average Bonchev–Trinajstić information content (AvgIpc) is 3.61. The molecule has 0 unspecified atom stereocenters. The minimum absolute atomic E-state index is 0.0185. The molecule has 1 aliphatic rings. The van der Waals surface area contributed by atoms with E-state index in [0.717, 1.165) is 11.3 Å². The van der Waals surface area contributed by atoms with Crippen molar-refractivity contribution >= 4 is 29.1 Å². The van der Waals surface area contributed by atoms with E-state index >= 15 is 0 Å². The summed E-state index contributed by atoms with van der Waals surface area (Å²) in [5.74, 6) is 0.964. The highest BCUT2D eigenvalue weighted by atomic mass is 32.1. The smallest absolute Gasteiger partial charge is 0.338 e. The number of nitro groups is 1. The molecule has 0 bridgehead atoms. The lowest BCUT2D eigenvalue weighted by atomic mass is 9.94. The fraction of sp³-hybridized carbons (Fsp3) is 0.281. The molecule has 3 heterocycles. The van der Waals surface area contributed by atoms with Crippen molar-refractivity contribution in [3.05, 3.63) is 106 Å². The first-order valence-electron chi connectivity index (χ1n) is 14.0. The van der Waals surface area contributed by atoms with Crippen LogP contribution in [0.2, 0.25) is 0 Å². The molecule has 0 saturated heterocycles. The van der Waals surface area contributed by atoms with Gasteiger partial charge in [-0.05, 0) is 39.0 Å². The molecule has 0 aliphatic carbocycles. The van der Waals surface area contributed by atoms with Crippen molar-refractivity contribution in [2.45, 2.75) is 26.8 Å². The SMILES string of the molecule is CCOc1c(OC)cccc1[C@@H]1C(C(=O)OCCOC)=C(C)N=c2s/c(=C/c3ccc(-c4ccc(C)c([N+](=O)[O-])c4)o3)c(=O)n21. The first-order valence-corrected chi connectivity index (χ1v) is 14.8. The number of aromatic nitrogens is 1. The number of fused-ring (bicyclic) bond motifs is 1. The molecule has 1 atom stereocenters. The molecule has 0 saturated carbocycles. The minimum Gasteiger partial charge on any atom is -0.493 e. The molecule has 0 N–H and O–H groups in total. The second kappa shape index (κ2) is 13.3. The Bertz CT molecular complexity index is 1990. The average molecular weight is 634 g/mol. The van der Waals surface area contributed by atoms with Crippen LogP contribution in [0.15, 0.2) is 74.0 Å². The number of para-hydroxylation sites is 1. The van der Waals surface area contributed by atoms with Crippen LogP contribution in [0.1, 0.15) is 36.8 Å². The number of nitro benzene ring substituents is 1. The van der Waals surface area contributed by atoms with Crippen LogP contribution in [-0.2, 0) is 14.3 Å². The van der Waals surface area contributed by atoms with E-state index < -0.39 is 22.5 Å². The second-order valence-electron chi connectivity index (χ2n) is 9.98. The van der Waals surface area contributed by atoms with E-state index in [1.165, 1.54) is 24.9 Å². The van der Waals surface area contributed by atoms with Crippen LogP contribution in [0.4, 0.5) is 5.69 Å². The Labute approximate surface area is 261 Å². The van der Waals surface area contributed by atoms with E-state index in [1.54, 1.807) is 62.4 Å². The maximum Gasteiger partial charge on any atom is 0.338 e. The van der Waals surface area contributed by atoms with Gasteiger partial charge in [0.2, 0.25) is 0 Å². The van der Waals surface area contributed by atoms with Gasteiger partial charge in [0.15, 0.2) is 16.3 Å². The zero-order valence-electron chi connectivity index (χ0n) is 25.3. The van der Waals surface area contributed by atoms with E-state index in [0.29, 0.717) is 61.3 Å². The van der Waals surface area contributed by atoms with Crippen molar-refractivity contribution < 1.29 is 33.1 Å². The van der Waals surface area contributed by atoms with Gasteiger partial charge in [-0.1, -0.05) is 35.6 Å². The number of carbonyl (C=O) groups is 1. The van der Waals surface area contributed by atoms with Gasteiger partial charge in [0, 0.05) is 35.9 Å². The molecule has 0 amide bonds. The zero-order valence-corrected chi connectivity index (χ0v) is 26.1. The fourth-order valence-electron chi connectivity index (χ4n) is 5.05. The van der Waals surface area contributed by atoms with E-state index in [-0.39, 0.29) is 24.5 Å². The van der Waals surface area contributed by atoms with E-state index in [4.69, 9.17) is 23.4 Å². The number of thiazole rings is 1. The molecule has 45 heavy (non-hydrogen) atoms. The maximum absolute atomic E-state index is 14.1. The van der Waals surface area contributed by atoms with Gasteiger partial charge in [0.1, 0.15) is 24.2 Å². The third-order valence-electron chi connectivity index (χ3n) is 7.17. The number of benzene rings is 2. The highest BCUT2D eigenvalue weighted by Gasteiger charge is 2.36. The lowest BCUT2D eigenvalue weighted by molar-refractivity contribution is -0.385. The lowest BCUT2D eigenvalue weighted by Gasteiger charge is -2.27. The molecule has 0 fully saturated rings. The van der Waals surface area contributed by atoms with Crippen LogP contribution in [0.3, 0.4) is 0 Å². The van der Waals surface area contributed by atoms with Crippen LogP contribution >= 0.6 is 11.3 Å². The molecular formula is C32H31N3O9S. The summed E-state index contributed by atoms with van der Waals surface area (Å²) in [5, 5.41) is 11.4. The molecule has 0 radical (unpaired) electrons. The second-order valence-corrected chi connectivity index (χ2v) is 11.0. The number of carbonyl (C=O) groups excluding carboxylic acids is 1. The van der Waals surface area contributed by atoms with Crippen molar-refractivity contribution in [3.63, 3.8) is 0 Å². The number of ether oxygens (including phenoxy) is 4. The van der Waals surface area contributed by atoms with Gasteiger partial charge in [0.05, 0.1) is 41.0 Å². The maximum atomic E-state index is 14.1. The quantitative estimate of drug-likeness (QED) is 0.102. The fourth-order valence-corrected chi connectivity index (χ4v) is 6.08. The standard InChI is InChI=1S/C32H31N3O9S/c1-6-42-29-22(8-7-9-25(29)41-5)28-27(31(37)43-15-14-40-4)19(3)33-32-34(28)30(36)26(45-32)17-21-12-13-24(44-21)20-11-10-18(2)23(16-20)35(38)39/h7-13,16-17,28H,6,14-15H2,1-5H3/b26-17+/t28-/m1/s1. The first-order chi connectivity index (χ1) is 21.7. The van der Waals surface area contributed by atoms with Gasteiger partial charge in [-0.2, -0.15) is 0 Å². The summed E-state index contributed by atoms with van der Waals surface area (Å²) in [4.78, 5) is 43.6. The van der Waals surface area contributed by atoms with Gasteiger partial charge >= 0.3 is 5.97 Å². The van der Waals surface area contributed by atoms with Crippen molar-refractivity contribution in [2.75, 3.05) is 34.0 Å². The molecule has 1 aliphatic heterocycles. The van der Waals surface area contributed by atoms with Crippen molar-refractivity contribution in [2.24, 2.45) is 4.99 Å². The first kappa shape index (κ1) is 31.4. The summed E-state index contributed by atoms with van der Waals surface area (Å²) in [6, 6.07) is 12.5. The normalized spacial score (nSPS) is 14.6. The van der Waals surface area contributed by atoms with Crippen LogP contribution < -0.4 is 24.4 Å². The minimum atomic E-state index is -0.935. The number of allylic oxidation sites excluding steroid dienone is 1. The van der Waals surface area contributed by atoms with Gasteiger partial charge in [0.25, 0.3) is 11.2 Å². The molecule has 12 nitrogen and oxygen atoms in total. The highest BCUT2D eigenvalue weighted by Crippen LogP contribution is 2.40. The van der Waals surface area contributed by atoms with Gasteiger partial charge in [-0.15, -0.1) is 0 Å². The summed E-state index contributed by atoms with van der Waals surface area (Å²) in [5.41, 5.74) is 1.73. The number of hydrogen-bond donors (Lipinski definition) is 0. The molecule has 2 aromatic carbocycles. The predicted octanol–water partition coefficient (Wildman–Crippen LogP) is 4.31. The van der Waals surface area contributed by atoms with Crippen LogP contribution in [-0.4, -0.2) is 49.5 Å². The Morgan fingerprint density at radius 2 is 1.96 bits per heavy atom. The number of furan rings is 1. The summed E-state index contributed by atoms with van der Waals surface area (Å²) in [6.45, 7) is 5.72.